The molecule has 106 valence electrons. The van der Waals surface area contributed by atoms with Crippen molar-refractivity contribution in [3.8, 4) is 0 Å². The second-order valence-corrected chi connectivity index (χ2v) is 6.98. The third kappa shape index (κ3) is 3.84. The summed E-state index contributed by atoms with van der Waals surface area (Å²) in [6.07, 6.45) is 0. The van der Waals surface area contributed by atoms with Gasteiger partial charge in [-0.2, -0.15) is 0 Å². The van der Waals surface area contributed by atoms with E-state index in [9.17, 15) is 4.39 Å². The average Bonchev–Trinajstić information content (AvgIpc) is 2.37. The minimum absolute atomic E-state index is 0.131. The van der Waals surface area contributed by atoms with Gasteiger partial charge in [0.1, 0.15) is 5.82 Å². The summed E-state index contributed by atoms with van der Waals surface area (Å²) in [5.41, 5.74) is 2.00. The molecule has 2 aromatic rings. The van der Waals surface area contributed by atoms with Gasteiger partial charge in [0, 0.05) is 9.79 Å². The monoisotopic (exact) mass is 290 g/mol. The largest absolute Gasteiger partial charge is 0.392 e. The van der Waals surface area contributed by atoms with Crippen molar-refractivity contribution < 1.29 is 9.50 Å². The van der Waals surface area contributed by atoms with E-state index in [0.717, 1.165) is 9.79 Å². The zero-order valence-electron chi connectivity index (χ0n) is 12.0. The molecule has 0 spiro atoms. The van der Waals surface area contributed by atoms with E-state index in [1.807, 2.05) is 6.07 Å². The van der Waals surface area contributed by atoms with Gasteiger partial charge in [0.15, 0.2) is 0 Å². The van der Waals surface area contributed by atoms with Crippen LogP contribution in [0.25, 0.3) is 0 Å². The molecule has 0 aliphatic rings. The molecular formula is C17H19FOS. The standard InChI is InChI=1S/C17H19FOS/c1-17(2,3)13-4-6-15(7-5-13)20-16-9-12(11-19)8-14(18)10-16/h4-10,19H,11H2,1-3H3. The van der Waals surface area contributed by atoms with Crippen LogP contribution in [-0.4, -0.2) is 5.11 Å². The Morgan fingerprint density at radius 2 is 1.65 bits per heavy atom. The molecule has 0 unspecified atom stereocenters. The molecule has 0 bridgehead atoms. The van der Waals surface area contributed by atoms with Crippen molar-refractivity contribution in [2.45, 2.75) is 42.6 Å². The predicted octanol–water partition coefficient (Wildman–Crippen LogP) is 4.77. The smallest absolute Gasteiger partial charge is 0.124 e. The Balaban J connectivity index is 2.20. The van der Waals surface area contributed by atoms with Gasteiger partial charge < -0.3 is 5.11 Å². The molecule has 0 aliphatic heterocycles. The van der Waals surface area contributed by atoms with Crippen molar-refractivity contribution in [3.05, 3.63) is 59.4 Å². The molecule has 0 atom stereocenters. The molecule has 2 rings (SSSR count). The van der Waals surface area contributed by atoms with Crippen LogP contribution in [0.2, 0.25) is 0 Å². The van der Waals surface area contributed by atoms with Crippen LogP contribution in [-0.2, 0) is 12.0 Å². The van der Waals surface area contributed by atoms with E-state index in [1.165, 1.54) is 29.5 Å². The second kappa shape index (κ2) is 5.98. The summed E-state index contributed by atoms with van der Waals surface area (Å²) in [6, 6.07) is 13.0. The summed E-state index contributed by atoms with van der Waals surface area (Å²) in [7, 11) is 0. The highest BCUT2D eigenvalue weighted by molar-refractivity contribution is 7.99. The Bertz CT molecular complexity index is 585. The fourth-order valence-corrected chi connectivity index (χ4v) is 2.86. The highest BCUT2D eigenvalue weighted by Crippen LogP contribution is 2.31. The number of hydrogen-bond acceptors (Lipinski definition) is 2. The number of rotatable bonds is 3. The average molecular weight is 290 g/mol. The first-order valence-corrected chi connectivity index (χ1v) is 7.39. The molecule has 0 heterocycles. The molecular weight excluding hydrogens is 271 g/mol. The third-order valence-electron chi connectivity index (χ3n) is 3.07. The van der Waals surface area contributed by atoms with Crippen LogP contribution in [0.4, 0.5) is 4.39 Å². The number of aliphatic hydroxyl groups excluding tert-OH is 1. The molecule has 0 saturated carbocycles. The number of aliphatic hydroxyl groups is 1. The van der Waals surface area contributed by atoms with Crippen molar-refractivity contribution in [2.75, 3.05) is 0 Å². The van der Waals surface area contributed by atoms with Gasteiger partial charge in [-0.25, -0.2) is 4.39 Å². The molecule has 3 heteroatoms. The third-order valence-corrected chi connectivity index (χ3v) is 4.05. The minimum Gasteiger partial charge on any atom is -0.392 e. The Hall–Kier alpha value is -1.32. The van der Waals surface area contributed by atoms with Gasteiger partial charge in [0.05, 0.1) is 6.61 Å². The van der Waals surface area contributed by atoms with Crippen LogP contribution < -0.4 is 0 Å². The van der Waals surface area contributed by atoms with Crippen LogP contribution in [0.1, 0.15) is 31.9 Å². The summed E-state index contributed by atoms with van der Waals surface area (Å²) in [5, 5.41) is 9.10. The second-order valence-electron chi connectivity index (χ2n) is 5.83. The maximum absolute atomic E-state index is 13.4. The van der Waals surface area contributed by atoms with Crippen molar-refractivity contribution >= 4 is 11.8 Å². The molecule has 0 aliphatic carbocycles. The van der Waals surface area contributed by atoms with E-state index in [2.05, 4.69) is 45.0 Å². The topological polar surface area (TPSA) is 20.2 Å². The molecule has 2 aromatic carbocycles. The zero-order chi connectivity index (χ0) is 14.8. The summed E-state index contributed by atoms with van der Waals surface area (Å²) < 4.78 is 13.4. The highest BCUT2D eigenvalue weighted by atomic mass is 32.2. The Morgan fingerprint density at radius 1 is 1.00 bits per heavy atom. The van der Waals surface area contributed by atoms with Gasteiger partial charge in [0.25, 0.3) is 0 Å². The van der Waals surface area contributed by atoms with Gasteiger partial charge in [-0.05, 0) is 46.9 Å². The molecule has 0 radical (unpaired) electrons. The predicted molar refractivity (Wildman–Crippen MR) is 81.6 cm³/mol. The van der Waals surface area contributed by atoms with Gasteiger partial charge in [-0.1, -0.05) is 44.7 Å². The number of halogens is 1. The summed E-state index contributed by atoms with van der Waals surface area (Å²) >= 11 is 1.50. The van der Waals surface area contributed by atoms with Crippen molar-refractivity contribution in [2.24, 2.45) is 0 Å². The van der Waals surface area contributed by atoms with E-state index >= 15 is 0 Å². The Kier molecular flexibility index (Phi) is 4.51. The van der Waals surface area contributed by atoms with Gasteiger partial charge >= 0.3 is 0 Å². The van der Waals surface area contributed by atoms with Crippen LogP contribution >= 0.6 is 11.8 Å². The quantitative estimate of drug-likeness (QED) is 0.879. The van der Waals surface area contributed by atoms with E-state index < -0.39 is 0 Å². The van der Waals surface area contributed by atoms with Crippen molar-refractivity contribution in [3.63, 3.8) is 0 Å². The maximum Gasteiger partial charge on any atom is 0.124 e. The first-order valence-electron chi connectivity index (χ1n) is 6.57. The van der Waals surface area contributed by atoms with Crippen LogP contribution in [0.15, 0.2) is 52.3 Å². The summed E-state index contributed by atoms with van der Waals surface area (Å²) in [5.74, 6) is -0.314. The summed E-state index contributed by atoms with van der Waals surface area (Å²) in [4.78, 5) is 1.87. The van der Waals surface area contributed by atoms with Crippen LogP contribution in [0.3, 0.4) is 0 Å². The minimum atomic E-state index is -0.314. The lowest BCUT2D eigenvalue weighted by Gasteiger charge is -2.19. The van der Waals surface area contributed by atoms with Crippen molar-refractivity contribution in [1.29, 1.82) is 0 Å². The molecule has 0 saturated heterocycles. The number of hydrogen-bond donors (Lipinski definition) is 1. The van der Waals surface area contributed by atoms with E-state index in [1.54, 1.807) is 0 Å². The molecule has 1 N–H and O–H groups in total. The lowest BCUT2D eigenvalue weighted by molar-refractivity contribution is 0.281. The lowest BCUT2D eigenvalue weighted by atomic mass is 9.87. The maximum atomic E-state index is 13.4. The fourth-order valence-electron chi connectivity index (χ4n) is 1.93. The molecule has 0 amide bonds. The van der Waals surface area contributed by atoms with Crippen LogP contribution in [0.5, 0.6) is 0 Å². The lowest BCUT2D eigenvalue weighted by Crippen LogP contribution is -2.10. The summed E-state index contributed by atoms with van der Waals surface area (Å²) in [6.45, 7) is 6.38. The molecule has 0 aromatic heterocycles. The molecule has 20 heavy (non-hydrogen) atoms. The van der Waals surface area contributed by atoms with E-state index in [0.29, 0.717) is 5.56 Å². The number of benzene rings is 2. The van der Waals surface area contributed by atoms with Gasteiger partial charge in [-0.15, -0.1) is 0 Å². The van der Waals surface area contributed by atoms with Crippen LogP contribution in [0, 0.1) is 5.82 Å². The van der Waals surface area contributed by atoms with Gasteiger partial charge in [0.2, 0.25) is 0 Å². The molecule has 0 fully saturated rings. The van der Waals surface area contributed by atoms with E-state index in [-0.39, 0.29) is 17.8 Å². The molecule has 1 nitrogen and oxygen atoms in total. The van der Waals surface area contributed by atoms with E-state index in [4.69, 9.17) is 5.11 Å². The van der Waals surface area contributed by atoms with Gasteiger partial charge in [-0.3, -0.25) is 0 Å². The zero-order valence-corrected chi connectivity index (χ0v) is 12.8. The first kappa shape index (κ1) is 15.1. The highest BCUT2D eigenvalue weighted by Gasteiger charge is 2.13. The SMILES string of the molecule is CC(C)(C)c1ccc(Sc2cc(F)cc(CO)c2)cc1. The normalized spacial score (nSPS) is 11.7. The first-order chi connectivity index (χ1) is 9.38. The van der Waals surface area contributed by atoms with Crippen molar-refractivity contribution in [1.82, 2.24) is 0 Å². The fraction of sp³-hybridized carbons (Fsp3) is 0.294. The Morgan fingerprint density at radius 3 is 2.20 bits per heavy atom. The Labute approximate surface area is 123 Å².